The third kappa shape index (κ3) is 2.85. The number of hydrogen-bond donors (Lipinski definition) is 1. The van der Waals surface area contributed by atoms with Gasteiger partial charge < -0.3 is 15.2 Å². The highest BCUT2D eigenvalue weighted by Crippen LogP contribution is 2.38. The average Bonchev–Trinajstić information content (AvgIpc) is 2.94. The number of hydrogen-bond acceptors (Lipinski definition) is 4. The number of benzene rings is 1. The Morgan fingerprint density at radius 1 is 1.25 bits per heavy atom. The summed E-state index contributed by atoms with van der Waals surface area (Å²) in [5, 5.41) is 2.09. The molecule has 1 aromatic carbocycles. The van der Waals surface area contributed by atoms with Crippen LogP contribution in [0, 0.1) is 0 Å². The molecule has 3 nitrogen and oxygen atoms in total. The van der Waals surface area contributed by atoms with E-state index in [1.54, 1.807) is 25.6 Å². The first-order valence-electron chi connectivity index (χ1n) is 6.35. The Bertz CT molecular complexity index is 598. The van der Waals surface area contributed by atoms with Gasteiger partial charge in [0, 0.05) is 9.35 Å². The molecule has 2 rings (SSSR count). The van der Waals surface area contributed by atoms with Crippen molar-refractivity contribution >= 4 is 27.3 Å². The Labute approximate surface area is 131 Å². The standard InChI is InChI=1S/C15H18BrNO2S/c1-4-9-5-6-20-15(9)14(17)10-7-12(18-2)13(19-3)8-11(10)16/h5-8,14H,4,17H2,1-3H3. The first-order valence-corrected chi connectivity index (χ1v) is 8.02. The summed E-state index contributed by atoms with van der Waals surface area (Å²) in [5.41, 5.74) is 8.73. The van der Waals surface area contributed by atoms with E-state index >= 15 is 0 Å². The summed E-state index contributed by atoms with van der Waals surface area (Å²) in [4.78, 5) is 1.19. The minimum Gasteiger partial charge on any atom is -0.493 e. The molecule has 5 heteroatoms. The number of methoxy groups -OCH3 is 2. The van der Waals surface area contributed by atoms with Crippen LogP contribution in [0.5, 0.6) is 11.5 Å². The lowest BCUT2D eigenvalue weighted by molar-refractivity contribution is 0.354. The van der Waals surface area contributed by atoms with Crippen LogP contribution in [0.25, 0.3) is 0 Å². The normalized spacial score (nSPS) is 12.2. The minimum absolute atomic E-state index is 0.167. The Balaban J connectivity index is 2.46. The molecule has 0 spiro atoms. The smallest absolute Gasteiger partial charge is 0.161 e. The second-order valence-corrected chi connectivity index (χ2v) is 6.17. The molecule has 0 saturated carbocycles. The maximum Gasteiger partial charge on any atom is 0.161 e. The van der Waals surface area contributed by atoms with Crippen LogP contribution in [0.3, 0.4) is 0 Å². The van der Waals surface area contributed by atoms with Gasteiger partial charge in [-0.25, -0.2) is 0 Å². The van der Waals surface area contributed by atoms with E-state index in [-0.39, 0.29) is 6.04 Å². The molecule has 20 heavy (non-hydrogen) atoms. The molecule has 0 aliphatic rings. The molecular weight excluding hydrogens is 338 g/mol. The lowest BCUT2D eigenvalue weighted by Gasteiger charge is -2.17. The van der Waals surface area contributed by atoms with E-state index in [2.05, 4.69) is 34.3 Å². The van der Waals surface area contributed by atoms with Gasteiger partial charge >= 0.3 is 0 Å². The van der Waals surface area contributed by atoms with Crippen molar-refractivity contribution in [2.24, 2.45) is 5.73 Å². The Morgan fingerprint density at radius 3 is 2.50 bits per heavy atom. The highest BCUT2D eigenvalue weighted by atomic mass is 79.9. The van der Waals surface area contributed by atoms with Crippen molar-refractivity contribution in [3.63, 3.8) is 0 Å². The summed E-state index contributed by atoms with van der Waals surface area (Å²) < 4.78 is 11.6. The van der Waals surface area contributed by atoms with Crippen LogP contribution in [-0.4, -0.2) is 14.2 Å². The number of nitrogens with two attached hydrogens (primary N) is 1. The van der Waals surface area contributed by atoms with Crippen molar-refractivity contribution in [1.29, 1.82) is 0 Å². The SMILES string of the molecule is CCc1ccsc1C(N)c1cc(OC)c(OC)cc1Br. The number of aryl methyl sites for hydroxylation is 1. The lowest BCUT2D eigenvalue weighted by Crippen LogP contribution is -2.13. The number of halogens is 1. The van der Waals surface area contributed by atoms with Crippen molar-refractivity contribution in [3.05, 3.63) is 44.1 Å². The van der Waals surface area contributed by atoms with Gasteiger partial charge in [0.05, 0.1) is 20.3 Å². The van der Waals surface area contributed by atoms with Gasteiger partial charge in [-0.2, -0.15) is 0 Å². The highest BCUT2D eigenvalue weighted by molar-refractivity contribution is 9.10. The lowest BCUT2D eigenvalue weighted by atomic mass is 10.0. The van der Waals surface area contributed by atoms with Gasteiger partial charge in [-0.3, -0.25) is 0 Å². The van der Waals surface area contributed by atoms with E-state index < -0.39 is 0 Å². The van der Waals surface area contributed by atoms with Gasteiger partial charge in [0.1, 0.15) is 0 Å². The fourth-order valence-corrected chi connectivity index (χ4v) is 3.75. The summed E-state index contributed by atoms with van der Waals surface area (Å²) in [6.07, 6.45) is 0.984. The topological polar surface area (TPSA) is 44.5 Å². The second kappa shape index (κ2) is 6.61. The van der Waals surface area contributed by atoms with E-state index in [0.717, 1.165) is 16.5 Å². The third-order valence-electron chi connectivity index (χ3n) is 3.28. The number of rotatable bonds is 5. The van der Waals surface area contributed by atoms with Crippen LogP contribution in [0.4, 0.5) is 0 Å². The summed E-state index contributed by atoms with van der Waals surface area (Å²) >= 11 is 5.26. The highest BCUT2D eigenvalue weighted by Gasteiger charge is 2.19. The summed E-state index contributed by atoms with van der Waals surface area (Å²) in [7, 11) is 3.25. The van der Waals surface area contributed by atoms with E-state index in [1.807, 2.05) is 12.1 Å². The first-order chi connectivity index (χ1) is 9.62. The van der Waals surface area contributed by atoms with Gasteiger partial charge in [-0.15, -0.1) is 11.3 Å². The molecule has 1 unspecified atom stereocenters. The largest absolute Gasteiger partial charge is 0.493 e. The fourth-order valence-electron chi connectivity index (χ4n) is 2.16. The van der Waals surface area contributed by atoms with Crippen molar-refractivity contribution in [2.75, 3.05) is 14.2 Å². The Hall–Kier alpha value is -1.04. The van der Waals surface area contributed by atoms with Gasteiger partial charge in [0.15, 0.2) is 11.5 Å². The minimum atomic E-state index is -0.167. The zero-order valence-electron chi connectivity index (χ0n) is 11.8. The molecule has 0 fully saturated rings. The molecule has 1 aromatic heterocycles. The van der Waals surface area contributed by atoms with Crippen LogP contribution >= 0.6 is 27.3 Å². The summed E-state index contributed by atoms with van der Waals surface area (Å²) in [5.74, 6) is 1.38. The third-order valence-corrected chi connectivity index (χ3v) is 5.01. The van der Waals surface area contributed by atoms with Crippen LogP contribution in [0.15, 0.2) is 28.1 Å². The first kappa shape index (κ1) is 15.4. The fraction of sp³-hybridized carbons (Fsp3) is 0.333. The van der Waals surface area contributed by atoms with E-state index in [1.165, 1.54) is 10.4 Å². The zero-order valence-corrected chi connectivity index (χ0v) is 14.2. The predicted octanol–water partition coefficient (Wildman–Crippen LogP) is 4.14. The quantitative estimate of drug-likeness (QED) is 0.876. The Kier molecular flexibility index (Phi) is 5.07. The summed E-state index contributed by atoms with van der Waals surface area (Å²) in [6.45, 7) is 2.14. The average molecular weight is 356 g/mol. The van der Waals surface area contributed by atoms with E-state index in [4.69, 9.17) is 15.2 Å². The van der Waals surface area contributed by atoms with Gasteiger partial charge in [0.2, 0.25) is 0 Å². The molecule has 2 N–H and O–H groups in total. The summed E-state index contributed by atoms with van der Waals surface area (Å²) in [6, 6.07) is 5.80. The van der Waals surface area contributed by atoms with E-state index in [0.29, 0.717) is 11.5 Å². The predicted molar refractivity (Wildman–Crippen MR) is 87.0 cm³/mol. The maximum absolute atomic E-state index is 6.44. The molecule has 0 amide bonds. The molecule has 0 bridgehead atoms. The van der Waals surface area contributed by atoms with Crippen LogP contribution in [0.1, 0.15) is 29.0 Å². The van der Waals surface area contributed by atoms with Gasteiger partial charge in [-0.1, -0.05) is 22.9 Å². The van der Waals surface area contributed by atoms with Gasteiger partial charge in [-0.05, 0) is 41.1 Å². The van der Waals surface area contributed by atoms with Crippen LogP contribution < -0.4 is 15.2 Å². The maximum atomic E-state index is 6.44. The molecule has 2 aromatic rings. The molecule has 1 heterocycles. The second-order valence-electron chi connectivity index (χ2n) is 4.37. The van der Waals surface area contributed by atoms with Crippen molar-refractivity contribution < 1.29 is 9.47 Å². The van der Waals surface area contributed by atoms with Crippen molar-refractivity contribution in [1.82, 2.24) is 0 Å². The molecule has 108 valence electrons. The molecule has 0 aliphatic heterocycles. The number of thiophene rings is 1. The molecule has 0 radical (unpaired) electrons. The molecule has 0 aliphatic carbocycles. The molecule has 0 saturated heterocycles. The molecular formula is C15H18BrNO2S. The number of ether oxygens (including phenoxy) is 2. The van der Waals surface area contributed by atoms with Gasteiger partial charge in [0.25, 0.3) is 0 Å². The zero-order chi connectivity index (χ0) is 14.7. The molecule has 1 atom stereocenters. The van der Waals surface area contributed by atoms with E-state index in [9.17, 15) is 0 Å². The van der Waals surface area contributed by atoms with Crippen molar-refractivity contribution in [3.8, 4) is 11.5 Å². The van der Waals surface area contributed by atoms with Crippen molar-refractivity contribution in [2.45, 2.75) is 19.4 Å². The Morgan fingerprint density at radius 2 is 1.90 bits per heavy atom. The monoisotopic (exact) mass is 355 g/mol. The van der Waals surface area contributed by atoms with Crippen LogP contribution in [0.2, 0.25) is 0 Å². The van der Waals surface area contributed by atoms with Crippen LogP contribution in [-0.2, 0) is 6.42 Å².